The van der Waals surface area contributed by atoms with Gasteiger partial charge in [-0.2, -0.15) is 5.10 Å². The number of hydrogen-bond donors (Lipinski definition) is 3. The molecule has 0 bridgehead atoms. The van der Waals surface area contributed by atoms with Crippen LogP contribution in [-0.2, 0) is 21.6 Å². The number of rotatable bonds is 10. The minimum atomic E-state index is -1.75. The molecule has 2 amide bonds. The van der Waals surface area contributed by atoms with Crippen molar-refractivity contribution in [3.63, 3.8) is 0 Å². The number of nitrogens with zero attached hydrogens (tertiary/aromatic N) is 3. The molecule has 2 aromatic carbocycles. The van der Waals surface area contributed by atoms with Gasteiger partial charge in [-0.3, -0.25) is 9.59 Å². The molecule has 10 nitrogen and oxygen atoms in total. The second-order valence-corrected chi connectivity index (χ2v) is 13.9. The summed E-state index contributed by atoms with van der Waals surface area (Å²) in [6.07, 6.45) is 5.25. The number of halogens is 4. The summed E-state index contributed by atoms with van der Waals surface area (Å²) in [5, 5.41) is 19.5. The zero-order valence-corrected chi connectivity index (χ0v) is 26.5. The Bertz CT molecular complexity index is 2050. The van der Waals surface area contributed by atoms with Crippen molar-refractivity contribution >= 4 is 34.3 Å². The fourth-order valence-electron chi connectivity index (χ4n) is 6.25. The van der Waals surface area contributed by atoms with E-state index in [0.29, 0.717) is 47.9 Å². The summed E-state index contributed by atoms with van der Waals surface area (Å²) >= 11 is 6.24. The maximum atomic E-state index is 14.9. The lowest BCUT2D eigenvalue weighted by atomic mass is 9.81. The molecule has 250 valence electrons. The van der Waals surface area contributed by atoms with Crippen LogP contribution in [0.2, 0.25) is 5.02 Å². The van der Waals surface area contributed by atoms with E-state index in [9.17, 15) is 27.9 Å². The molecule has 2 atom stereocenters. The number of hydrogen-bond acceptors (Lipinski definition) is 7. The van der Waals surface area contributed by atoms with Gasteiger partial charge in [0, 0.05) is 41.1 Å². The van der Waals surface area contributed by atoms with Gasteiger partial charge in [-0.15, -0.1) is 0 Å². The van der Waals surface area contributed by atoms with Crippen molar-refractivity contribution in [1.29, 1.82) is 0 Å². The van der Waals surface area contributed by atoms with Gasteiger partial charge in [0.05, 0.1) is 23.4 Å². The zero-order chi connectivity index (χ0) is 33.7. The van der Waals surface area contributed by atoms with E-state index in [1.165, 1.54) is 16.8 Å². The molecule has 3 fully saturated rings. The lowest BCUT2D eigenvalue weighted by Crippen LogP contribution is -2.44. The van der Waals surface area contributed by atoms with Gasteiger partial charge in [-0.05, 0) is 68.9 Å². The zero-order valence-electron chi connectivity index (χ0n) is 25.8. The lowest BCUT2D eigenvalue weighted by Gasteiger charge is -2.30. The van der Waals surface area contributed by atoms with Gasteiger partial charge in [0.25, 0.3) is 5.91 Å². The van der Waals surface area contributed by atoms with E-state index in [0.717, 1.165) is 18.9 Å². The first-order valence-corrected chi connectivity index (χ1v) is 16.2. The quantitative estimate of drug-likeness (QED) is 0.197. The van der Waals surface area contributed by atoms with Gasteiger partial charge in [0.2, 0.25) is 11.7 Å². The molecule has 0 saturated heterocycles. The Morgan fingerprint density at radius 1 is 1.21 bits per heavy atom. The first-order chi connectivity index (χ1) is 22.8. The highest BCUT2D eigenvalue weighted by Crippen LogP contribution is 2.51. The highest BCUT2D eigenvalue weighted by Gasteiger charge is 2.50. The SMILES string of the molecule is C[C@]1(C(N)=O)COc2c1cc([C@@](O)(CNC(=O)c1cc(OC3CC3)c3nn(C4(F)CC4)cc3c1)C1CC1)nc2-c1ccc(F)c(F)c1Cl. The topological polar surface area (TPSA) is 142 Å². The van der Waals surface area contributed by atoms with Gasteiger partial charge in [-0.1, -0.05) is 11.6 Å². The summed E-state index contributed by atoms with van der Waals surface area (Å²) in [5.74, 6) is -5.07. The number of nitrogens with one attached hydrogen (secondary N) is 1. The van der Waals surface area contributed by atoms with Crippen LogP contribution in [0, 0.1) is 17.6 Å². The third-order valence-electron chi connectivity index (χ3n) is 9.85. The summed E-state index contributed by atoms with van der Waals surface area (Å²) in [6.45, 7) is 1.14. The third-order valence-corrected chi connectivity index (χ3v) is 10.2. The second kappa shape index (κ2) is 10.6. The van der Waals surface area contributed by atoms with E-state index >= 15 is 0 Å². The molecule has 4 N–H and O–H groups in total. The van der Waals surface area contributed by atoms with Crippen molar-refractivity contribution < 1.29 is 37.3 Å². The summed E-state index contributed by atoms with van der Waals surface area (Å²) in [4.78, 5) is 31.0. The monoisotopic (exact) mass is 681 g/mol. The smallest absolute Gasteiger partial charge is 0.251 e. The molecule has 3 heterocycles. The third kappa shape index (κ3) is 4.97. The second-order valence-electron chi connectivity index (χ2n) is 13.5. The molecule has 4 aromatic rings. The number of amides is 2. The van der Waals surface area contributed by atoms with Crippen LogP contribution in [0.4, 0.5) is 13.2 Å². The van der Waals surface area contributed by atoms with Crippen molar-refractivity contribution in [2.24, 2.45) is 11.7 Å². The highest BCUT2D eigenvalue weighted by molar-refractivity contribution is 6.33. The van der Waals surface area contributed by atoms with Crippen molar-refractivity contribution in [3.05, 3.63) is 70.0 Å². The Hall–Kier alpha value is -4.36. The number of carbonyl (C=O) groups is 2. The first-order valence-electron chi connectivity index (χ1n) is 15.8. The van der Waals surface area contributed by atoms with Gasteiger partial charge in [0.15, 0.2) is 11.6 Å². The van der Waals surface area contributed by atoms with Gasteiger partial charge in [0.1, 0.15) is 40.3 Å². The highest BCUT2D eigenvalue weighted by atomic mass is 35.5. The minimum Gasteiger partial charge on any atom is -0.489 e. The number of aromatic nitrogens is 3. The summed E-state index contributed by atoms with van der Waals surface area (Å²) in [5.41, 5.74) is 3.74. The van der Waals surface area contributed by atoms with Crippen molar-refractivity contribution in [2.45, 2.75) is 68.4 Å². The molecule has 48 heavy (non-hydrogen) atoms. The Labute approximate surface area is 277 Å². The number of ether oxygens (including phenoxy) is 2. The van der Waals surface area contributed by atoms with Crippen LogP contribution in [0.1, 0.15) is 67.1 Å². The first kappa shape index (κ1) is 30.9. The molecule has 8 rings (SSSR count). The van der Waals surface area contributed by atoms with Crippen LogP contribution in [0.3, 0.4) is 0 Å². The molecule has 1 aliphatic heterocycles. The van der Waals surface area contributed by atoms with E-state index in [2.05, 4.69) is 15.4 Å². The largest absolute Gasteiger partial charge is 0.489 e. The van der Waals surface area contributed by atoms with Crippen LogP contribution < -0.4 is 20.5 Å². The molecular weight excluding hydrogens is 651 g/mol. The average Bonchev–Trinajstić information content (AvgIpc) is 4.00. The lowest BCUT2D eigenvalue weighted by molar-refractivity contribution is -0.123. The van der Waals surface area contributed by atoms with Crippen LogP contribution in [-0.4, -0.2) is 50.9 Å². The maximum absolute atomic E-state index is 14.9. The number of nitrogens with two attached hydrogens (primary N) is 1. The fraction of sp³-hybridized carbons (Fsp3) is 0.412. The van der Waals surface area contributed by atoms with Crippen LogP contribution in [0.5, 0.6) is 11.5 Å². The standard InChI is InChI=1S/C34H31ClF3N5O5/c1-32(31(39)45)15-47-29-21(32)12-24(41-28(29)20-6-7-22(36)26(37)25(20)35)34(46,18-2-3-18)14-40-30(44)16-10-17-13-43(33(38)8-9-33)42-27(17)23(11-16)48-19-4-5-19/h6-7,10-13,18-19,46H,2-5,8-9,14-15H2,1H3,(H2,39,45)(H,40,44)/t32-,34+/m0/s1. The van der Waals surface area contributed by atoms with Gasteiger partial charge in [-0.25, -0.2) is 22.8 Å². The number of alkyl halides is 1. The molecule has 2 aromatic heterocycles. The molecule has 3 aliphatic carbocycles. The Morgan fingerprint density at radius 2 is 1.96 bits per heavy atom. The normalized spacial score (nSPS) is 22.1. The van der Waals surface area contributed by atoms with Crippen molar-refractivity contribution in [2.75, 3.05) is 13.2 Å². The molecule has 14 heteroatoms. The summed E-state index contributed by atoms with van der Waals surface area (Å²) in [6, 6.07) is 6.81. The number of aliphatic hydroxyl groups is 1. The fourth-order valence-corrected chi connectivity index (χ4v) is 6.49. The number of primary amides is 1. The number of benzene rings is 2. The Balaban J connectivity index is 1.17. The minimum absolute atomic E-state index is 0.00452. The van der Waals surface area contributed by atoms with E-state index in [-0.39, 0.29) is 53.4 Å². The van der Waals surface area contributed by atoms with Crippen molar-refractivity contribution in [3.8, 4) is 22.8 Å². The number of pyridine rings is 1. The molecule has 4 aliphatic rings. The van der Waals surface area contributed by atoms with Crippen LogP contribution in [0.15, 0.2) is 36.5 Å². The summed E-state index contributed by atoms with van der Waals surface area (Å²) < 4.78 is 56.7. The van der Waals surface area contributed by atoms with Crippen LogP contribution >= 0.6 is 11.6 Å². The van der Waals surface area contributed by atoms with E-state index in [4.69, 9.17) is 26.8 Å². The Morgan fingerprint density at radius 3 is 2.62 bits per heavy atom. The van der Waals surface area contributed by atoms with Gasteiger partial charge < -0.3 is 25.6 Å². The maximum Gasteiger partial charge on any atom is 0.251 e. The predicted octanol–water partition coefficient (Wildman–Crippen LogP) is 5.15. The van der Waals surface area contributed by atoms with Crippen molar-refractivity contribution in [1.82, 2.24) is 20.1 Å². The molecule has 0 spiro atoms. The van der Waals surface area contributed by atoms with Gasteiger partial charge >= 0.3 is 0 Å². The van der Waals surface area contributed by atoms with E-state index in [1.807, 2.05) is 0 Å². The van der Waals surface area contributed by atoms with Crippen LogP contribution in [0.25, 0.3) is 22.2 Å². The summed E-state index contributed by atoms with van der Waals surface area (Å²) in [7, 11) is 0. The number of fused-ring (bicyclic) bond motifs is 2. The average molecular weight is 682 g/mol. The molecular formula is C34H31ClF3N5O5. The van der Waals surface area contributed by atoms with E-state index in [1.54, 1.807) is 25.3 Å². The Kier molecular flexibility index (Phi) is 6.81. The predicted molar refractivity (Wildman–Crippen MR) is 167 cm³/mol. The van der Waals surface area contributed by atoms with E-state index < -0.39 is 45.3 Å². The molecule has 0 unspecified atom stereocenters. The number of carbonyl (C=O) groups excluding carboxylic acids is 2. The molecule has 0 radical (unpaired) electrons. The molecule has 3 saturated carbocycles.